The lowest BCUT2D eigenvalue weighted by Crippen LogP contribution is -2.23. The second-order valence-electron chi connectivity index (χ2n) is 7.26. The van der Waals surface area contributed by atoms with E-state index in [0.717, 1.165) is 16.8 Å². The highest BCUT2D eigenvalue weighted by Gasteiger charge is 2.18. The van der Waals surface area contributed by atoms with Crippen molar-refractivity contribution in [3.63, 3.8) is 0 Å². The molecule has 0 aliphatic carbocycles. The molecule has 1 N–H and O–H groups in total. The van der Waals surface area contributed by atoms with Crippen LogP contribution in [0.5, 0.6) is 5.75 Å². The zero-order valence-electron chi connectivity index (χ0n) is 16.8. The van der Waals surface area contributed by atoms with Gasteiger partial charge in [0.2, 0.25) is 0 Å². The SMILES string of the molecule is CCOc1ccccc1/C=C/C(=O)OCC(=O)Nc1ccccc1C(C)(C)C. The highest BCUT2D eigenvalue weighted by molar-refractivity contribution is 5.95. The van der Waals surface area contributed by atoms with Crippen LogP contribution >= 0.6 is 0 Å². The quantitative estimate of drug-likeness (QED) is 0.563. The highest BCUT2D eigenvalue weighted by atomic mass is 16.5. The monoisotopic (exact) mass is 381 g/mol. The summed E-state index contributed by atoms with van der Waals surface area (Å²) in [4.78, 5) is 24.1. The Hall–Kier alpha value is -3.08. The number of para-hydroxylation sites is 2. The topological polar surface area (TPSA) is 64.6 Å². The Bertz CT molecular complexity index is 850. The molecule has 5 nitrogen and oxygen atoms in total. The lowest BCUT2D eigenvalue weighted by atomic mass is 9.86. The van der Waals surface area contributed by atoms with Gasteiger partial charge in [-0.15, -0.1) is 0 Å². The van der Waals surface area contributed by atoms with Crippen LogP contribution in [0.25, 0.3) is 6.08 Å². The van der Waals surface area contributed by atoms with E-state index in [4.69, 9.17) is 9.47 Å². The Balaban J connectivity index is 1.93. The van der Waals surface area contributed by atoms with Gasteiger partial charge in [0.1, 0.15) is 5.75 Å². The molecular weight excluding hydrogens is 354 g/mol. The van der Waals surface area contributed by atoms with Crippen molar-refractivity contribution in [1.82, 2.24) is 0 Å². The van der Waals surface area contributed by atoms with Gasteiger partial charge < -0.3 is 14.8 Å². The van der Waals surface area contributed by atoms with E-state index in [0.29, 0.717) is 12.4 Å². The average molecular weight is 381 g/mol. The van der Waals surface area contributed by atoms with Crippen LogP contribution in [0.4, 0.5) is 5.69 Å². The number of hydrogen-bond donors (Lipinski definition) is 1. The van der Waals surface area contributed by atoms with Crippen molar-refractivity contribution >= 4 is 23.6 Å². The molecule has 0 aliphatic rings. The number of hydrogen-bond acceptors (Lipinski definition) is 4. The summed E-state index contributed by atoms with van der Waals surface area (Å²) in [6, 6.07) is 15.0. The maximum Gasteiger partial charge on any atom is 0.331 e. The number of anilines is 1. The van der Waals surface area contributed by atoms with Crippen molar-refractivity contribution in [1.29, 1.82) is 0 Å². The van der Waals surface area contributed by atoms with E-state index in [1.165, 1.54) is 6.08 Å². The van der Waals surface area contributed by atoms with Crippen LogP contribution in [0.15, 0.2) is 54.6 Å². The average Bonchev–Trinajstić information content (AvgIpc) is 2.65. The molecule has 0 fully saturated rings. The molecule has 0 bridgehead atoms. The first-order valence-corrected chi connectivity index (χ1v) is 9.27. The summed E-state index contributed by atoms with van der Waals surface area (Å²) in [6.07, 6.45) is 2.90. The second kappa shape index (κ2) is 9.74. The smallest absolute Gasteiger partial charge is 0.331 e. The Labute approximate surface area is 166 Å². The van der Waals surface area contributed by atoms with Gasteiger partial charge in [0, 0.05) is 17.3 Å². The minimum Gasteiger partial charge on any atom is -0.493 e. The molecule has 148 valence electrons. The van der Waals surface area contributed by atoms with Crippen LogP contribution in [-0.2, 0) is 19.7 Å². The van der Waals surface area contributed by atoms with Gasteiger partial charge in [0.15, 0.2) is 6.61 Å². The van der Waals surface area contributed by atoms with Crippen molar-refractivity contribution in [3.05, 3.63) is 65.7 Å². The molecule has 0 atom stereocenters. The first kappa shape index (κ1) is 21.2. The molecule has 0 aromatic heterocycles. The lowest BCUT2D eigenvalue weighted by Gasteiger charge is -2.22. The van der Waals surface area contributed by atoms with Gasteiger partial charge in [-0.2, -0.15) is 0 Å². The van der Waals surface area contributed by atoms with Crippen molar-refractivity contribution in [2.45, 2.75) is 33.1 Å². The molecule has 0 heterocycles. The number of ether oxygens (including phenoxy) is 2. The molecule has 0 unspecified atom stereocenters. The van der Waals surface area contributed by atoms with Crippen LogP contribution in [0, 0.1) is 0 Å². The van der Waals surface area contributed by atoms with Gasteiger partial charge in [0.05, 0.1) is 6.61 Å². The predicted molar refractivity (Wildman–Crippen MR) is 111 cm³/mol. The molecule has 2 aromatic rings. The maximum absolute atomic E-state index is 12.2. The Kier molecular flexibility index (Phi) is 7.38. The van der Waals surface area contributed by atoms with Gasteiger partial charge in [-0.05, 0) is 36.1 Å². The fourth-order valence-corrected chi connectivity index (χ4v) is 2.68. The normalized spacial score (nSPS) is 11.3. The summed E-state index contributed by atoms with van der Waals surface area (Å²) in [5.74, 6) is -0.288. The van der Waals surface area contributed by atoms with Gasteiger partial charge in [-0.3, -0.25) is 4.79 Å². The lowest BCUT2D eigenvalue weighted by molar-refractivity contribution is -0.142. The summed E-state index contributed by atoms with van der Waals surface area (Å²) < 4.78 is 10.5. The standard InChI is InChI=1S/C23H27NO4/c1-5-27-20-13-9-6-10-17(20)14-15-22(26)28-16-21(25)24-19-12-8-7-11-18(19)23(2,3)4/h6-15H,5,16H2,1-4H3,(H,24,25)/b15-14+. The maximum atomic E-state index is 12.2. The second-order valence-corrected chi connectivity index (χ2v) is 7.26. The Morgan fingerprint density at radius 3 is 2.43 bits per heavy atom. The number of carbonyl (C=O) groups is 2. The third-order valence-electron chi connectivity index (χ3n) is 3.97. The summed E-state index contributed by atoms with van der Waals surface area (Å²) >= 11 is 0. The van der Waals surface area contributed by atoms with Crippen molar-refractivity contribution in [3.8, 4) is 5.75 Å². The van der Waals surface area contributed by atoms with Gasteiger partial charge in [0.25, 0.3) is 5.91 Å². The van der Waals surface area contributed by atoms with Crippen LogP contribution in [0.2, 0.25) is 0 Å². The zero-order chi connectivity index (χ0) is 20.6. The molecule has 0 radical (unpaired) electrons. The van der Waals surface area contributed by atoms with Crippen molar-refractivity contribution in [2.75, 3.05) is 18.5 Å². The molecule has 28 heavy (non-hydrogen) atoms. The molecule has 1 amide bonds. The highest BCUT2D eigenvalue weighted by Crippen LogP contribution is 2.29. The van der Waals surface area contributed by atoms with Crippen molar-refractivity contribution in [2.24, 2.45) is 0 Å². The van der Waals surface area contributed by atoms with E-state index in [1.807, 2.05) is 55.5 Å². The number of carbonyl (C=O) groups excluding carboxylic acids is 2. The van der Waals surface area contributed by atoms with Gasteiger partial charge in [-0.1, -0.05) is 57.2 Å². The molecule has 0 saturated heterocycles. The van der Waals surface area contributed by atoms with Crippen LogP contribution in [0.3, 0.4) is 0 Å². The first-order valence-electron chi connectivity index (χ1n) is 9.27. The molecule has 0 saturated carbocycles. The van der Waals surface area contributed by atoms with Crippen molar-refractivity contribution < 1.29 is 19.1 Å². The van der Waals surface area contributed by atoms with E-state index in [9.17, 15) is 9.59 Å². The molecular formula is C23H27NO4. The molecule has 0 spiro atoms. The number of nitrogens with one attached hydrogen (secondary N) is 1. The van der Waals surface area contributed by atoms with E-state index >= 15 is 0 Å². The third-order valence-corrected chi connectivity index (χ3v) is 3.97. The van der Waals surface area contributed by atoms with Crippen LogP contribution in [-0.4, -0.2) is 25.1 Å². The zero-order valence-corrected chi connectivity index (χ0v) is 16.8. The number of rotatable bonds is 7. The first-order chi connectivity index (χ1) is 13.3. The predicted octanol–water partition coefficient (Wildman–Crippen LogP) is 4.58. The summed E-state index contributed by atoms with van der Waals surface area (Å²) in [5, 5.41) is 2.81. The minimum atomic E-state index is -0.592. The van der Waals surface area contributed by atoms with E-state index in [2.05, 4.69) is 26.1 Å². The number of benzene rings is 2. The fourth-order valence-electron chi connectivity index (χ4n) is 2.68. The van der Waals surface area contributed by atoms with Crippen LogP contribution in [0.1, 0.15) is 38.8 Å². The molecule has 2 aromatic carbocycles. The van der Waals surface area contributed by atoms with E-state index in [1.54, 1.807) is 6.08 Å². The number of amides is 1. The Morgan fingerprint density at radius 2 is 1.71 bits per heavy atom. The summed E-state index contributed by atoms with van der Waals surface area (Å²) in [7, 11) is 0. The summed E-state index contributed by atoms with van der Waals surface area (Å²) in [5.41, 5.74) is 2.39. The largest absolute Gasteiger partial charge is 0.493 e. The molecule has 5 heteroatoms. The molecule has 0 aliphatic heterocycles. The van der Waals surface area contributed by atoms with Crippen LogP contribution < -0.4 is 10.1 Å². The fraction of sp³-hybridized carbons (Fsp3) is 0.304. The molecule has 2 rings (SSSR count). The van der Waals surface area contributed by atoms with Gasteiger partial charge in [-0.25, -0.2) is 4.79 Å². The van der Waals surface area contributed by atoms with E-state index in [-0.39, 0.29) is 17.9 Å². The third kappa shape index (κ3) is 6.27. The number of esters is 1. The van der Waals surface area contributed by atoms with E-state index < -0.39 is 5.97 Å². The van der Waals surface area contributed by atoms with Gasteiger partial charge >= 0.3 is 5.97 Å². The summed E-state index contributed by atoms with van der Waals surface area (Å²) in [6.45, 7) is 8.29. The minimum absolute atomic E-state index is 0.114. The Morgan fingerprint density at radius 1 is 1.04 bits per heavy atom.